The number of rotatable bonds is 4. The van der Waals surface area contributed by atoms with Crippen LogP contribution in [0.4, 0.5) is 0 Å². The fourth-order valence-corrected chi connectivity index (χ4v) is 6.26. The van der Waals surface area contributed by atoms with Crippen molar-refractivity contribution in [2.75, 3.05) is 0 Å². The summed E-state index contributed by atoms with van der Waals surface area (Å²) in [5.74, 6) is 0. The highest BCUT2D eigenvalue weighted by Gasteiger charge is 2.23. The van der Waals surface area contributed by atoms with E-state index in [9.17, 15) is 0 Å². The van der Waals surface area contributed by atoms with Crippen molar-refractivity contribution in [3.63, 3.8) is 0 Å². The molecule has 0 amide bonds. The summed E-state index contributed by atoms with van der Waals surface area (Å²) in [7, 11) is 0. The Morgan fingerprint density at radius 3 is 1.24 bits per heavy atom. The second-order valence-corrected chi connectivity index (χ2v) is 9.85. The van der Waals surface area contributed by atoms with E-state index < -0.39 is 0 Å². The summed E-state index contributed by atoms with van der Waals surface area (Å²) < 4.78 is 0. The van der Waals surface area contributed by atoms with Gasteiger partial charge in [-0.3, -0.25) is 0 Å². The topological polar surface area (TPSA) is 0 Å². The van der Waals surface area contributed by atoms with E-state index in [4.69, 9.17) is 0 Å². The summed E-state index contributed by atoms with van der Waals surface area (Å²) in [6, 6.07) is 22.4. The average Bonchev–Trinajstić information content (AvgIpc) is 3.48. The van der Waals surface area contributed by atoms with E-state index in [1.54, 1.807) is 22.7 Å². The standard InChI is InChI=1S/C26H20S3/c1-17-3-7-19(8-4-17)25-23(21-11-13-27-15-21)24(22-12-14-28-16-22)26(29-25)20-9-5-18(2)6-10-20/h3-16H,1-2H3. The number of thiophene rings is 3. The fraction of sp³-hybridized carbons (Fsp3) is 0.0769. The molecule has 0 aliphatic heterocycles. The lowest BCUT2D eigenvalue weighted by atomic mass is 9.94. The third-order valence-electron chi connectivity index (χ3n) is 5.16. The second-order valence-electron chi connectivity index (χ2n) is 7.27. The lowest BCUT2D eigenvalue weighted by molar-refractivity contribution is 1.48. The first-order valence-corrected chi connectivity index (χ1v) is 12.3. The van der Waals surface area contributed by atoms with Gasteiger partial charge in [-0.15, -0.1) is 11.3 Å². The van der Waals surface area contributed by atoms with E-state index in [1.165, 1.54) is 54.3 Å². The second kappa shape index (κ2) is 7.75. The Balaban J connectivity index is 1.85. The van der Waals surface area contributed by atoms with Gasteiger partial charge in [0, 0.05) is 20.9 Å². The molecule has 0 fully saturated rings. The van der Waals surface area contributed by atoms with Crippen molar-refractivity contribution < 1.29 is 0 Å². The lowest BCUT2D eigenvalue weighted by Crippen LogP contribution is -1.83. The smallest absolute Gasteiger partial charge is 0.0434 e. The molecule has 0 unspecified atom stereocenters. The Bertz CT molecular complexity index is 1120. The highest BCUT2D eigenvalue weighted by molar-refractivity contribution is 7.20. The van der Waals surface area contributed by atoms with Crippen LogP contribution in [0.2, 0.25) is 0 Å². The van der Waals surface area contributed by atoms with Crippen molar-refractivity contribution in [1.82, 2.24) is 0 Å². The molecule has 0 atom stereocenters. The number of hydrogen-bond donors (Lipinski definition) is 0. The predicted molar refractivity (Wildman–Crippen MR) is 131 cm³/mol. The van der Waals surface area contributed by atoms with Crippen molar-refractivity contribution in [3.8, 4) is 43.1 Å². The molecule has 0 nitrogen and oxygen atoms in total. The SMILES string of the molecule is Cc1ccc(-c2sc(-c3ccc(C)cc3)c(-c3ccsc3)c2-c2ccsc2)cc1. The van der Waals surface area contributed by atoms with E-state index in [0.29, 0.717) is 0 Å². The summed E-state index contributed by atoms with van der Waals surface area (Å²) in [6.45, 7) is 4.29. The molecular weight excluding hydrogens is 408 g/mol. The summed E-state index contributed by atoms with van der Waals surface area (Å²) in [5, 5.41) is 8.90. The highest BCUT2D eigenvalue weighted by Crippen LogP contribution is 2.52. The molecule has 5 rings (SSSR count). The van der Waals surface area contributed by atoms with E-state index in [1.807, 2.05) is 11.3 Å². The quantitative estimate of drug-likeness (QED) is 0.268. The number of aryl methyl sites for hydroxylation is 2. The van der Waals surface area contributed by atoms with Gasteiger partial charge in [0.25, 0.3) is 0 Å². The molecule has 0 saturated heterocycles. The Labute approximate surface area is 183 Å². The average molecular weight is 429 g/mol. The number of hydrogen-bond acceptors (Lipinski definition) is 3. The van der Waals surface area contributed by atoms with Crippen LogP contribution >= 0.6 is 34.0 Å². The molecule has 0 spiro atoms. The van der Waals surface area contributed by atoms with E-state index in [0.717, 1.165) is 0 Å². The maximum absolute atomic E-state index is 2.27. The molecule has 2 aromatic carbocycles. The maximum Gasteiger partial charge on any atom is 0.0434 e. The monoisotopic (exact) mass is 428 g/mol. The zero-order chi connectivity index (χ0) is 19.8. The molecule has 0 N–H and O–H groups in total. The van der Waals surface area contributed by atoms with E-state index >= 15 is 0 Å². The van der Waals surface area contributed by atoms with Crippen molar-refractivity contribution in [1.29, 1.82) is 0 Å². The van der Waals surface area contributed by atoms with Gasteiger partial charge in [-0.25, -0.2) is 0 Å². The van der Waals surface area contributed by atoms with Crippen LogP contribution in [0.25, 0.3) is 43.1 Å². The summed E-state index contributed by atoms with van der Waals surface area (Å²) in [5.41, 5.74) is 10.5. The minimum atomic E-state index is 1.29. The molecule has 0 saturated carbocycles. The van der Waals surface area contributed by atoms with Crippen LogP contribution in [0.5, 0.6) is 0 Å². The molecule has 29 heavy (non-hydrogen) atoms. The Morgan fingerprint density at radius 1 is 0.483 bits per heavy atom. The summed E-state index contributed by atoms with van der Waals surface area (Å²) >= 11 is 5.43. The van der Waals surface area contributed by atoms with E-state index in [-0.39, 0.29) is 0 Å². The Hall–Kier alpha value is -2.46. The highest BCUT2D eigenvalue weighted by atomic mass is 32.1. The van der Waals surface area contributed by atoms with Crippen LogP contribution in [0.15, 0.2) is 82.2 Å². The molecule has 3 heteroatoms. The predicted octanol–water partition coefficient (Wildman–Crippen LogP) is 9.16. The molecule has 0 radical (unpaired) electrons. The van der Waals surface area contributed by atoms with Crippen LogP contribution in [0.1, 0.15) is 11.1 Å². The minimum Gasteiger partial charge on any atom is -0.152 e. The maximum atomic E-state index is 2.27. The van der Waals surface area contributed by atoms with Crippen molar-refractivity contribution >= 4 is 34.0 Å². The molecule has 5 aromatic rings. The Kier molecular flexibility index (Phi) is 4.96. The first kappa shape index (κ1) is 18.6. The molecular formula is C26H20S3. The van der Waals surface area contributed by atoms with Crippen LogP contribution in [-0.4, -0.2) is 0 Å². The molecule has 3 aromatic heterocycles. The van der Waals surface area contributed by atoms with Crippen LogP contribution in [0.3, 0.4) is 0 Å². The van der Waals surface area contributed by atoms with Gasteiger partial charge in [-0.2, -0.15) is 22.7 Å². The first-order valence-electron chi connectivity index (χ1n) is 9.57. The van der Waals surface area contributed by atoms with E-state index in [2.05, 4.69) is 96.0 Å². The van der Waals surface area contributed by atoms with Gasteiger partial charge >= 0.3 is 0 Å². The van der Waals surface area contributed by atoms with Gasteiger partial charge in [0.15, 0.2) is 0 Å². The van der Waals surface area contributed by atoms with Gasteiger partial charge < -0.3 is 0 Å². The first-order chi connectivity index (χ1) is 14.2. The van der Waals surface area contributed by atoms with Gasteiger partial charge in [0.2, 0.25) is 0 Å². The minimum absolute atomic E-state index is 1.29. The van der Waals surface area contributed by atoms with Crippen LogP contribution < -0.4 is 0 Å². The van der Waals surface area contributed by atoms with Gasteiger partial charge in [0.1, 0.15) is 0 Å². The van der Waals surface area contributed by atoms with Crippen molar-refractivity contribution in [3.05, 3.63) is 93.3 Å². The third kappa shape index (κ3) is 3.51. The van der Waals surface area contributed by atoms with Crippen LogP contribution in [-0.2, 0) is 0 Å². The molecule has 142 valence electrons. The summed E-state index contributed by atoms with van der Waals surface area (Å²) in [4.78, 5) is 2.69. The fourth-order valence-electron chi connectivity index (χ4n) is 3.61. The van der Waals surface area contributed by atoms with Gasteiger partial charge in [-0.05, 0) is 69.8 Å². The van der Waals surface area contributed by atoms with Crippen LogP contribution in [0, 0.1) is 13.8 Å². The Morgan fingerprint density at radius 2 is 0.897 bits per heavy atom. The van der Waals surface area contributed by atoms with Gasteiger partial charge in [0.05, 0.1) is 0 Å². The van der Waals surface area contributed by atoms with Crippen molar-refractivity contribution in [2.24, 2.45) is 0 Å². The summed E-state index contributed by atoms with van der Waals surface area (Å²) in [6.07, 6.45) is 0. The molecule has 0 bridgehead atoms. The molecule has 0 aliphatic rings. The largest absolute Gasteiger partial charge is 0.152 e. The molecule has 3 heterocycles. The number of benzene rings is 2. The normalized spacial score (nSPS) is 11.1. The zero-order valence-corrected chi connectivity index (χ0v) is 18.8. The van der Waals surface area contributed by atoms with Gasteiger partial charge in [-0.1, -0.05) is 59.7 Å². The van der Waals surface area contributed by atoms with Crippen molar-refractivity contribution in [2.45, 2.75) is 13.8 Å². The lowest BCUT2D eigenvalue weighted by Gasteiger charge is -2.08. The zero-order valence-electron chi connectivity index (χ0n) is 16.3. The molecule has 0 aliphatic carbocycles. The third-order valence-corrected chi connectivity index (χ3v) is 7.81.